The minimum atomic E-state index is -3.56. The predicted molar refractivity (Wildman–Crippen MR) is 85.0 cm³/mol. The van der Waals surface area contributed by atoms with Gasteiger partial charge in [-0.05, 0) is 58.3 Å². The van der Waals surface area contributed by atoms with E-state index in [4.69, 9.17) is 0 Å². The van der Waals surface area contributed by atoms with Gasteiger partial charge in [0.2, 0.25) is 10.0 Å². The smallest absolute Gasteiger partial charge is 0.207 e. The Kier molecular flexibility index (Phi) is 4.81. The Balaban J connectivity index is 2.19. The van der Waals surface area contributed by atoms with Crippen molar-refractivity contribution in [3.63, 3.8) is 0 Å². The third-order valence-electron chi connectivity index (χ3n) is 4.19. The summed E-state index contributed by atoms with van der Waals surface area (Å²) in [6, 6.07) is 3.69. The van der Waals surface area contributed by atoms with Gasteiger partial charge in [0.1, 0.15) is 5.82 Å². The molecule has 1 saturated heterocycles. The lowest BCUT2D eigenvalue weighted by Gasteiger charge is -2.38. The van der Waals surface area contributed by atoms with Crippen molar-refractivity contribution in [2.75, 3.05) is 13.1 Å². The number of hydrogen-bond donors (Lipinski definition) is 0. The second-order valence-corrected chi connectivity index (χ2v) is 9.38. The topological polar surface area (TPSA) is 37.4 Å². The fourth-order valence-electron chi connectivity index (χ4n) is 2.79. The quantitative estimate of drug-likeness (QED) is 0.779. The van der Waals surface area contributed by atoms with Crippen molar-refractivity contribution < 1.29 is 12.8 Å². The van der Waals surface area contributed by atoms with Crippen LogP contribution in [0.15, 0.2) is 27.6 Å². The number of nitrogens with zero attached hydrogens (tertiary/aromatic N) is 1. The van der Waals surface area contributed by atoms with Gasteiger partial charge in [0.05, 0.1) is 4.90 Å². The van der Waals surface area contributed by atoms with Gasteiger partial charge in [-0.2, -0.15) is 4.31 Å². The monoisotopic (exact) mass is 377 g/mol. The highest BCUT2D eigenvalue weighted by atomic mass is 79.9. The average Bonchev–Trinajstić information content (AvgIpc) is 2.37. The van der Waals surface area contributed by atoms with E-state index >= 15 is 0 Å². The molecular formula is C15H21BrFNO2S. The number of rotatable bonds is 2. The largest absolute Gasteiger partial charge is 0.244 e. The summed E-state index contributed by atoms with van der Waals surface area (Å²) in [6.07, 6.45) is 1.73. The van der Waals surface area contributed by atoms with E-state index in [0.29, 0.717) is 19.0 Å². The third kappa shape index (κ3) is 3.66. The van der Waals surface area contributed by atoms with Crippen LogP contribution in [0.25, 0.3) is 0 Å². The summed E-state index contributed by atoms with van der Waals surface area (Å²) in [4.78, 5) is 0.137. The van der Waals surface area contributed by atoms with Crippen LogP contribution in [0.4, 0.5) is 4.39 Å². The molecule has 3 nitrogen and oxygen atoms in total. The van der Waals surface area contributed by atoms with Gasteiger partial charge in [-0.25, -0.2) is 12.8 Å². The maximum atomic E-state index is 13.1. The van der Waals surface area contributed by atoms with Gasteiger partial charge in [-0.15, -0.1) is 0 Å². The Morgan fingerprint density at radius 3 is 2.29 bits per heavy atom. The highest BCUT2D eigenvalue weighted by molar-refractivity contribution is 9.10. The van der Waals surface area contributed by atoms with Gasteiger partial charge in [0, 0.05) is 17.6 Å². The normalized spacial score (nSPS) is 18.9. The number of piperidine rings is 1. The lowest BCUT2D eigenvalue weighted by Crippen LogP contribution is -2.41. The van der Waals surface area contributed by atoms with E-state index in [0.717, 1.165) is 12.8 Å². The van der Waals surface area contributed by atoms with Crippen LogP contribution >= 0.6 is 15.9 Å². The van der Waals surface area contributed by atoms with Crippen LogP contribution in [0.1, 0.15) is 33.6 Å². The predicted octanol–water partition coefficient (Wildman–Crippen LogP) is 4.04. The van der Waals surface area contributed by atoms with Gasteiger partial charge < -0.3 is 0 Å². The standard InChI is InChI=1S/C15H21BrFNO2S/c1-15(2,3)11-6-8-18(9-7-11)21(19,20)14-5-4-12(17)10-13(14)16/h4-5,10-11H,6-9H2,1-3H3. The summed E-state index contributed by atoms with van der Waals surface area (Å²) >= 11 is 3.15. The molecule has 21 heavy (non-hydrogen) atoms. The minimum absolute atomic E-state index is 0.137. The minimum Gasteiger partial charge on any atom is -0.207 e. The van der Waals surface area contributed by atoms with Crippen LogP contribution in [0, 0.1) is 17.2 Å². The van der Waals surface area contributed by atoms with Crippen molar-refractivity contribution in [3.8, 4) is 0 Å². The zero-order valence-corrected chi connectivity index (χ0v) is 15.0. The van der Waals surface area contributed by atoms with E-state index in [2.05, 4.69) is 36.7 Å². The molecule has 0 radical (unpaired) electrons. The Hall–Kier alpha value is -0.460. The van der Waals surface area contributed by atoms with Gasteiger partial charge in [-0.3, -0.25) is 0 Å². The summed E-state index contributed by atoms with van der Waals surface area (Å²) in [5, 5.41) is 0. The van der Waals surface area contributed by atoms with E-state index in [1.54, 1.807) is 0 Å². The molecule has 1 fully saturated rings. The molecule has 1 aromatic rings. The van der Waals surface area contributed by atoms with Crippen molar-refractivity contribution in [2.24, 2.45) is 11.3 Å². The third-order valence-corrected chi connectivity index (χ3v) is 7.07. The Bertz CT molecular complexity index is 617. The molecule has 0 amide bonds. The summed E-state index contributed by atoms with van der Waals surface area (Å²) < 4.78 is 40.2. The molecule has 0 spiro atoms. The highest BCUT2D eigenvalue weighted by Crippen LogP contribution is 2.36. The van der Waals surface area contributed by atoms with Crippen molar-refractivity contribution in [1.29, 1.82) is 0 Å². The van der Waals surface area contributed by atoms with Crippen LogP contribution in [0.3, 0.4) is 0 Å². The molecule has 1 aliphatic heterocycles. The number of sulfonamides is 1. The van der Waals surface area contributed by atoms with Crippen molar-refractivity contribution >= 4 is 26.0 Å². The van der Waals surface area contributed by atoms with Gasteiger partial charge in [0.25, 0.3) is 0 Å². The zero-order chi connectivity index (χ0) is 15.8. The molecule has 0 atom stereocenters. The van der Waals surface area contributed by atoms with E-state index in [1.165, 1.54) is 22.5 Å². The molecule has 118 valence electrons. The second kappa shape index (κ2) is 5.97. The molecule has 1 heterocycles. The highest BCUT2D eigenvalue weighted by Gasteiger charge is 2.34. The van der Waals surface area contributed by atoms with E-state index < -0.39 is 15.8 Å². The molecule has 0 N–H and O–H groups in total. The first kappa shape index (κ1) is 16.9. The zero-order valence-electron chi connectivity index (χ0n) is 12.6. The van der Waals surface area contributed by atoms with Crippen LogP contribution in [-0.4, -0.2) is 25.8 Å². The van der Waals surface area contributed by atoms with Gasteiger partial charge in [0.15, 0.2) is 0 Å². The molecule has 0 saturated carbocycles. The van der Waals surface area contributed by atoms with Crippen molar-refractivity contribution in [1.82, 2.24) is 4.31 Å². The molecular weight excluding hydrogens is 357 g/mol. The van der Waals surface area contributed by atoms with Crippen molar-refractivity contribution in [3.05, 3.63) is 28.5 Å². The van der Waals surface area contributed by atoms with Crippen LogP contribution in [0.2, 0.25) is 0 Å². The summed E-state index contributed by atoms with van der Waals surface area (Å²) in [5.41, 5.74) is 0.201. The molecule has 2 rings (SSSR count). The molecule has 0 bridgehead atoms. The van der Waals surface area contributed by atoms with Crippen LogP contribution in [-0.2, 0) is 10.0 Å². The number of halogens is 2. The maximum Gasteiger partial charge on any atom is 0.244 e. The number of hydrogen-bond acceptors (Lipinski definition) is 2. The lowest BCUT2D eigenvalue weighted by molar-refractivity contribution is 0.154. The van der Waals surface area contributed by atoms with Crippen LogP contribution < -0.4 is 0 Å². The Morgan fingerprint density at radius 2 is 1.81 bits per heavy atom. The molecule has 6 heteroatoms. The first-order valence-corrected chi connectivity index (χ1v) is 9.31. The maximum absolute atomic E-state index is 13.1. The average molecular weight is 378 g/mol. The van der Waals surface area contributed by atoms with Crippen molar-refractivity contribution in [2.45, 2.75) is 38.5 Å². The number of benzene rings is 1. The van der Waals surface area contributed by atoms with E-state index in [9.17, 15) is 12.8 Å². The van der Waals surface area contributed by atoms with Gasteiger partial charge >= 0.3 is 0 Å². The fourth-order valence-corrected chi connectivity index (χ4v) is 5.27. The Labute approximate surface area is 134 Å². The molecule has 0 aliphatic carbocycles. The lowest BCUT2D eigenvalue weighted by atomic mass is 9.76. The Morgan fingerprint density at radius 1 is 1.24 bits per heavy atom. The molecule has 1 aromatic carbocycles. The first-order valence-electron chi connectivity index (χ1n) is 7.07. The molecule has 0 unspecified atom stereocenters. The van der Waals surface area contributed by atoms with E-state index in [1.807, 2.05) is 0 Å². The summed E-state index contributed by atoms with van der Waals surface area (Å²) in [7, 11) is -3.56. The molecule has 1 aliphatic rings. The van der Waals surface area contributed by atoms with E-state index in [-0.39, 0.29) is 14.8 Å². The van der Waals surface area contributed by atoms with Crippen LogP contribution in [0.5, 0.6) is 0 Å². The summed E-state index contributed by atoms with van der Waals surface area (Å²) in [5.74, 6) is 0.0767. The summed E-state index contributed by atoms with van der Waals surface area (Å²) in [6.45, 7) is 7.62. The first-order chi connectivity index (χ1) is 9.62. The SMILES string of the molecule is CC(C)(C)C1CCN(S(=O)(=O)c2ccc(F)cc2Br)CC1. The second-order valence-electron chi connectivity index (χ2n) is 6.62. The van der Waals surface area contributed by atoms with Gasteiger partial charge in [-0.1, -0.05) is 20.8 Å². The fraction of sp³-hybridized carbons (Fsp3) is 0.600. The molecule has 0 aromatic heterocycles.